The first-order chi connectivity index (χ1) is 15.9. The van der Waals surface area contributed by atoms with Gasteiger partial charge in [0.15, 0.2) is 5.11 Å². The van der Waals surface area contributed by atoms with Crippen molar-refractivity contribution in [2.45, 2.75) is 33.4 Å². The number of nitrogens with one attached hydrogen (secondary N) is 2. The van der Waals surface area contributed by atoms with Crippen molar-refractivity contribution in [3.05, 3.63) is 111 Å². The molecule has 33 heavy (non-hydrogen) atoms. The third kappa shape index (κ3) is 5.46. The number of aromatic amines is 1. The van der Waals surface area contributed by atoms with Gasteiger partial charge >= 0.3 is 0 Å². The topological polar surface area (TPSA) is 48.1 Å². The molecule has 0 saturated heterocycles. The average molecular weight is 460 g/mol. The number of aromatic nitrogens is 1. The van der Waals surface area contributed by atoms with Gasteiger partial charge in [0.25, 0.3) is 5.56 Å². The molecular formula is C27H26FN3OS. The number of halogens is 1. The minimum Gasteiger partial charge on any atom is -0.340 e. The fraction of sp³-hybridized carbons (Fsp3) is 0.185. The van der Waals surface area contributed by atoms with E-state index < -0.39 is 0 Å². The smallest absolute Gasteiger partial charge is 0.253 e. The summed E-state index contributed by atoms with van der Waals surface area (Å²) in [5.41, 5.74) is 5.36. The predicted octanol–water partition coefficient (Wildman–Crippen LogP) is 5.94. The maximum atomic E-state index is 13.4. The summed E-state index contributed by atoms with van der Waals surface area (Å²) in [6.45, 7) is 4.84. The van der Waals surface area contributed by atoms with Gasteiger partial charge in [-0.1, -0.05) is 49.4 Å². The summed E-state index contributed by atoms with van der Waals surface area (Å²) in [5, 5.41) is 4.82. The van der Waals surface area contributed by atoms with Gasteiger partial charge in [-0.15, -0.1) is 0 Å². The lowest BCUT2D eigenvalue weighted by Gasteiger charge is -2.27. The molecule has 0 amide bonds. The SMILES string of the molecule is CCc1ccccc1NC(=S)N(Cc1ccc(F)cc1)Cc1cc2ccc(C)cc2[nH]c1=O. The number of para-hydroxylation sites is 1. The second kappa shape index (κ2) is 9.96. The van der Waals surface area contributed by atoms with Gasteiger partial charge in [0, 0.05) is 23.3 Å². The van der Waals surface area contributed by atoms with Crippen LogP contribution in [0.1, 0.15) is 29.2 Å². The van der Waals surface area contributed by atoms with Gasteiger partial charge in [-0.3, -0.25) is 4.79 Å². The van der Waals surface area contributed by atoms with Gasteiger partial charge < -0.3 is 15.2 Å². The van der Waals surface area contributed by atoms with Gasteiger partial charge in [-0.2, -0.15) is 0 Å². The fourth-order valence-electron chi connectivity index (χ4n) is 3.84. The second-order valence-electron chi connectivity index (χ2n) is 8.14. The van der Waals surface area contributed by atoms with Crippen molar-refractivity contribution >= 4 is 33.9 Å². The minimum atomic E-state index is -0.288. The molecule has 6 heteroatoms. The molecule has 0 unspecified atom stereocenters. The van der Waals surface area contributed by atoms with Crippen LogP contribution in [-0.2, 0) is 19.5 Å². The summed E-state index contributed by atoms with van der Waals surface area (Å²) in [4.78, 5) is 17.8. The molecule has 0 radical (unpaired) electrons. The zero-order valence-electron chi connectivity index (χ0n) is 18.7. The Hall–Kier alpha value is -3.51. The summed E-state index contributed by atoms with van der Waals surface area (Å²) < 4.78 is 13.4. The molecule has 0 spiro atoms. The molecule has 4 aromatic rings. The monoisotopic (exact) mass is 459 g/mol. The van der Waals surface area contributed by atoms with E-state index in [1.165, 1.54) is 12.1 Å². The van der Waals surface area contributed by atoms with Crippen LogP contribution in [0.4, 0.5) is 10.1 Å². The lowest BCUT2D eigenvalue weighted by molar-refractivity contribution is 0.411. The second-order valence-corrected chi connectivity index (χ2v) is 8.52. The molecule has 1 heterocycles. The summed E-state index contributed by atoms with van der Waals surface area (Å²) in [6, 6.07) is 22.2. The summed E-state index contributed by atoms with van der Waals surface area (Å²) in [5.74, 6) is -0.288. The molecule has 0 saturated carbocycles. The molecule has 0 aliphatic rings. The molecule has 3 aromatic carbocycles. The Morgan fingerprint density at radius 2 is 1.76 bits per heavy atom. The summed E-state index contributed by atoms with van der Waals surface area (Å²) in [7, 11) is 0. The summed E-state index contributed by atoms with van der Waals surface area (Å²) >= 11 is 5.77. The molecular weight excluding hydrogens is 433 g/mol. The van der Waals surface area contributed by atoms with E-state index in [-0.39, 0.29) is 11.4 Å². The number of thiocarbonyl (C=S) groups is 1. The first-order valence-electron chi connectivity index (χ1n) is 10.9. The molecule has 168 valence electrons. The van der Waals surface area contributed by atoms with Crippen molar-refractivity contribution in [3.63, 3.8) is 0 Å². The molecule has 0 fully saturated rings. The number of aryl methyl sites for hydroxylation is 2. The van der Waals surface area contributed by atoms with Gasteiger partial charge in [0.05, 0.1) is 6.54 Å². The van der Waals surface area contributed by atoms with Crippen molar-refractivity contribution < 1.29 is 4.39 Å². The van der Waals surface area contributed by atoms with Crippen LogP contribution in [0.25, 0.3) is 10.9 Å². The van der Waals surface area contributed by atoms with E-state index in [9.17, 15) is 9.18 Å². The van der Waals surface area contributed by atoms with Crippen molar-refractivity contribution in [3.8, 4) is 0 Å². The molecule has 0 aliphatic heterocycles. The van der Waals surface area contributed by atoms with Crippen LogP contribution < -0.4 is 10.9 Å². The van der Waals surface area contributed by atoms with E-state index >= 15 is 0 Å². The van der Waals surface area contributed by atoms with E-state index in [1.807, 2.05) is 54.3 Å². The Morgan fingerprint density at radius 1 is 1.00 bits per heavy atom. The van der Waals surface area contributed by atoms with Gasteiger partial charge in [-0.25, -0.2) is 4.39 Å². The number of hydrogen-bond acceptors (Lipinski definition) is 2. The molecule has 2 N–H and O–H groups in total. The number of rotatable bonds is 6. The molecule has 1 aromatic heterocycles. The predicted molar refractivity (Wildman–Crippen MR) is 137 cm³/mol. The van der Waals surface area contributed by atoms with Crippen LogP contribution in [0.15, 0.2) is 77.6 Å². The van der Waals surface area contributed by atoms with Crippen molar-refractivity contribution in [2.24, 2.45) is 0 Å². The van der Waals surface area contributed by atoms with Crippen molar-refractivity contribution in [2.75, 3.05) is 5.32 Å². The number of hydrogen-bond donors (Lipinski definition) is 2. The van der Waals surface area contributed by atoms with Crippen LogP contribution in [0.5, 0.6) is 0 Å². The van der Waals surface area contributed by atoms with Crippen LogP contribution in [0, 0.1) is 12.7 Å². The quantitative estimate of drug-likeness (QED) is 0.351. The molecule has 0 atom stereocenters. The molecule has 4 nitrogen and oxygen atoms in total. The van der Waals surface area contributed by atoms with E-state index in [1.54, 1.807) is 12.1 Å². The van der Waals surface area contributed by atoms with Crippen LogP contribution in [0.2, 0.25) is 0 Å². The maximum Gasteiger partial charge on any atom is 0.253 e. The Labute approximate surface area is 198 Å². The van der Waals surface area contributed by atoms with E-state index in [4.69, 9.17) is 12.2 Å². The van der Waals surface area contributed by atoms with Crippen LogP contribution in [0.3, 0.4) is 0 Å². The first-order valence-corrected chi connectivity index (χ1v) is 11.3. The van der Waals surface area contributed by atoms with Gasteiger partial charge in [0.2, 0.25) is 0 Å². The lowest BCUT2D eigenvalue weighted by Crippen LogP contribution is -2.35. The highest BCUT2D eigenvalue weighted by atomic mass is 32.1. The number of pyridine rings is 1. The van der Waals surface area contributed by atoms with Crippen LogP contribution >= 0.6 is 12.2 Å². The zero-order chi connectivity index (χ0) is 23.4. The Balaban J connectivity index is 1.66. The molecule has 4 rings (SSSR count). The highest BCUT2D eigenvalue weighted by Crippen LogP contribution is 2.19. The Kier molecular flexibility index (Phi) is 6.84. The van der Waals surface area contributed by atoms with Crippen LogP contribution in [-0.4, -0.2) is 15.0 Å². The number of H-pyrrole nitrogens is 1. The lowest BCUT2D eigenvalue weighted by atomic mass is 10.1. The van der Waals surface area contributed by atoms with E-state index in [0.29, 0.717) is 23.8 Å². The largest absolute Gasteiger partial charge is 0.340 e. The maximum absolute atomic E-state index is 13.4. The normalized spacial score (nSPS) is 10.9. The molecule has 0 aliphatic carbocycles. The van der Waals surface area contributed by atoms with Crippen molar-refractivity contribution in [1.29, 1.82) is 0 Å². The fourth-order valence-corrected chi connectivity index (χ4v) is 4.08. The van der Waals surface area contributed by atoms with Gasteiger partial charge in [0.1, 0.15) is 5.82 Å². The van der Waals surface area contributed by atoms with Crippen molar-refractivity contribution in [1.82, 2.24) is 9.88 Å². The summed E-state index contributed by atoms with van der Waals surface area (Å²) in [6.07, 6.45) is 0.869. The highest BCUT2D eigenvalue weighted by molar-refractivity contribution is 7.80. The average Bonchev–Trinajstić information content (AvgIpc) is 2.81. The number of benzene rings is 3. The standard InChI is InChI=1S/C27H26FN3OS/c1-3-20-6-4-5-7-24(20)30-27(33)31(16-19-9-12-23(28)13-10-19)17-22-15-21-11-8-18(2)14-25(21)29-26(22)32/h4-15H,3,16-17H2,1-2H3,(H,29,32)(H,30,33). The van der Waals surface area contributed by atoms with Gasteiger partial charge in [-0.05, 0) is 78.0 Å². The number of fused-ring (bicyclic) bond motifs is 1. The van der Waals surface area contributed by atoms with E-state index in [2.05, 4.69) is 23.3 Å². The van der Waals surface area contributed by atoms with E-state index in [0.717, 1.165) is 39.7 Å². The minimum absolute atomic E-state index is 0.144. The number of anilines is 1. The Bertz CT molecular complexity index is 1350. The third-order valence-corrected chi connectivity index (χ3v) is 6.01. The Morgan fingerprint density at radius 3 is 2.52 bits per heavy atom. The first kappa shape index (κ1) is 22.7. The number of nitrogens with zero attached hydrogens (tertiary/aromatic N) is 1. The highest BCUT2D eigenvalue weighted by Gasteiger charge is 2.15. The third-order valence-electron chi connectivity index (χ3n) is 5.65. The molecule has 0 bridgehead atoms. The zero-order valence-corrected chi connectivity index (χ0v) is 19.5.